The lowest BCUT2D eigenvalue weighted by molar-refractivity contribution is 0.0994. The van der Waals surface area contributed by atoms with E-state index in [0.717, 1.165) is 6.42 Å². The first-order valence-corrected chi connectivity index (χ1v) is 7.08. The largest absolute Gasteiger partial charge is 0.490 e. The highest BCUT2D eigenvalue weighted by Crippen LogP contribution is 2.23. The minimum Gasteiger partial charge on any atom is -0.490 e. The number of carbonyl (C=O) groups is 1. The highest BCUT2D eigenvalue weighted by molar-refractivity contribution is 5.95. The molecule has 0 aliphatic heterocycles. The smallest absolute Gasteiger partial charge is 0.252 e. The van der Waals surface area contributed by atoms with Gasteiger partial charge in [-0.3, -0.25) is 4.79 Å². The van der Waals surface area contributed by atoms with Crippen LogP contribution in [0.1, 0.15) is 42.3 Å². The molecule has 0 aromatic heterocycles. The second-order valence-electron chi connectivity index (χ2n) is 4.93. The van der Waals surface area contributed by atoms with Crippen molar-refractivity contribution in [2.24, 2.45) is 5.73 Å². The van der Waals surface area contributed by atoms with E-state index in [1.54, 1.807) is 12.1 Å². The number of hydrogen-bond donors (Lipinski definition) is 4. The summed E-state index contributed by atoms with van der Waals surface area (Å²) in [5.41, 5.74) is 6.11. The lowest BCUT2D eigenvalue weighted by Gasteiger charge is -2.17. The third kappa shape index (κ3) is 5.34. The molecular weight excluding hydrogens is 272 g/mol. The van der Waals surface area contributed by atoms with Gasteiger partial charge >= 0.3 is 0 Å². The highest BCUT2D eigenvalue weighted by Gasteiger charge is 2.15. The first-order valence-electron chi connectivity index (χ1n) is 7.08. The zero-order valence-corrected chi connectivity index (χ0v) is 12.5. The van der Waals surface area contributed by atoms with Crippen LogP contribution in [-0.2, 0) is 0 Å². The predicted molar refractivity (Wildman–Crippen MR) is 80.3 cm³/mol. The molecule has 0 fully saturated rings. The average molecular weight is 296 g/mol. The maximum atomic E-state index is 11.5. The number of hydrogen-bond acceptors (Lipinski definition) is 5. The predicted octanol–water partition coefficient (Wildman–Crippen LogP) is 0.578. The van der Waals surface area contributed by atoms with Crippen molar-refractivity contribution in [1.82, 2.24) is 5.32 Å². The maximum Gasteiger partial charge on any atom is 0.252 e. The quantitative estimate of drug-likeness (QED) is 0.533. The Kier molecular flexibility index (Phi) is 7.14. The molecule has 6 nitrogen and oxygen atoms in total. The van der Waals surface area contributed by atoms with Gasteiger partial charge in [0.15, 0.2) is 0 Å². The summed E-state index contributed by atoms with van der Waals surface area (Å²) in [7, 11) is 0. The van der Waals surface area contributed by atoms with Crippen molar-refractivity contribution in [3.05, 3.63) is 29.3 Å². The van der Waals surface area contributed by atoms with Gasteiger partial charge in [0.25, 0.3) is 5.91 Å². The number of nitrogens with one attached hydrogen (secondary N) is 1. The Hall–Kier alpha value is -1.63. The van der Waals surface area contributed by atoms with Gasteiger partial charge in [-0.15, -0.1) is 0 Å². The lowest BCUT2D eigenvalue weighted by Crippen LogP contribution is -2.29. The van der Waals surface area contributed by atoms with E-state index in [1.165, 1.54) is 6.07 Å². The number of aliphatic hydroxyl groups excluding tert-OH is 2. The van der Waals surface area contributed by atoms with Crippen molar-refractivity contribution in [3.8, 4) is 5.75 Å². The molecular formula is C15H24N2O4. The molecule has 2 unspecified atom stereocenters. The highest BCUT2D eigenvalue weighted by atomic mass is 16.5. The van der Waals surface area contributed by atoms with E-state index in [4.69, 9.17) is 15.6 Å². The summed E-state index contributed by atoms with van der Waals surface area (Å²) >= 11 is 0. The number of aliphatic hydroxyl groups is 2. The van der Waals surface area contributed by atoms with Crippen molar-refractivity contribution >= 4 is 5.91 Å². The summed E-state index contributed by atoms with van der Waals surface area (Å²) in [6.07, 6.45) is 0.233. The molecule has 0 aliphatic carbocycles. The molecule has 5 N–H and O–H groups in total. The van der Waals surface area contributed by atoms with Gasteiger partial charge in [-0.25, -0.2) is 0 Å². The van der Waals surface area contributed by atoms with Gasteiger partial charge in [0.05, 0.1) is 18.3 Å². The summed E-state index contributed by atoms with van der Waals surface area (Å²) in [5, 5.41) is 22.1. The topological polar surface area (TPSA) is 105 Å². The molecule has 1 aromatic carbocycles. The van der Waals surface area contributed by atoms with Crippen LogP contribution in [0.15, 0.2) is 18.2 Å². The summed E-state index contributed by atoms with van der Waals surface area (Å²) in [6.45, 7) is 4.42. The fourth-order valence-electron chi connectivity index (χ4n) is 1.80. The second kappa shape index (κ2) is 8.61. The first kappa shape index (κ1) is 17.4. The van der Waals surface area contributed by atoms with Crippen LogP contribution in [0.3, 0.4) is 0 Å². The number of ether oxygens (including phenoxy) is 1. The van der Waals surface area contributed by atoms with Gasteiger partial charge in [0.1, 0.15) is 12.4 Å². The second-order valence-corrected chi connectivity index (χ2v) is 4.93. The van der Waals surface area contributed by atoms with Crippen LogP contribution in [-0.4, -0.2) is 41.9 Å². The van der Waals surface area contributed by atoms with E-state index in [9.17, 15) is 9.90 Å². The molecule has 0 spiro atoms. The minimum atomic E-state index is -0.732. The molecule has 0 heterocycles. The van der Waals surface area contributed by atoms with Gasteiger partial charge in [-0.2, -0.15) is 0 Å². The fraction of sp³-hybridized carbons (Fsp3) is 0.533. The Bertz CT molecular complexity index is 465. The maximum absolute atomic E-state index is 11.5. The van der Waals surface area contributed by atoms with Gasteiger partial charge in [0.2, 0.25) is 0 Å². The number of benzene rings is 1. The molecule has 118 valence electrons. The molecule has 0 aliphatic rings. The van der Waals surface area contributed by atoms with Crippen LogP contribution < -0.4 is 15.8 Å². The Labute approximate surface area is 124 Å². The van der Waals surface area contributed by atoms with E-state index in [0.29, 0.717) is 23.9 Å². The number of amides is 1. The molecule has 0 saturated heterocycles. The van der Waals surface area contributed by atoms with Crippen LogP contribution in [0.4, 0.5) is 0 Å². The molecule has 21 heavy (non-hydrogen) atoms. The fourth-order valence-corrected chi connectivity index (χ4v) is 1.80. The van der Waals surface area contributed by atoms with Gasteiger partial charge in [0, 0.05) is 12.6 Å². The van der Waals surface area contributed by atoms with Crippen LogP contribution in [0.25, 0.3) is 0 Å². The van der Waals surface area contributed by atoms with E-state index in [2.05, 4.69) is 12.2 Å². The summed E-state index contributed by atoms with van der Waals surface area (Å²) in [4.78, 5) is 11.5. The molecule has 0 radical (unpaired) electrons. The zero-order chi connectivity index (χ0) is 15.8. The van der Waals surface area contributed by atoms with Crippen LogP contribution >= 0.6 is 0 Å². The van der Waals surface area contributed by atoms with E-state index in [1.807, 2.05) is 6.92 Å². The summed E-state index contributed by atoms with van der Waals surface area (Å²) in [6, 6.07) is 5.10. The zero-order valence-electron chi connectivity index (χ0n) is 12.5. The van der Waals surface area contributed by atoms with Gasteiger partial charge in [-0.1, -0.05) is 13.0 Å². The SMILES string of the molecule is CCC(C)NCC(O)c1ccc(OCCO)c(C(N)=O)c1. The molecule has 0 saturated carbocycles. The third-order valence-electron chi connectivity index (χ3n) is 3.27. The van der Waals surface area contributed by atoms with Crippen molar-refractivity contribution in [1.29, 1.82) is 0 Å². The van der Waals surface area contributed by atoms with Crippen LogP contribution in [0, 0.1) is 0 Å². The molecule has 0 bridgehead atoms. The monoisotopic (exact) mass is 296 g/mol. The Morgan fingerprint density at radius 2 is 2.19 bits per heavy atom. The van der Waals surface area contributed by atoms with Crippen molar-refractivity contribution in [2.75, 3.05) is 19.8 Å². The molecule has 1 aromatic rings. The molecule has 2 atom stereocenters. The summed E-state index contributed by atoms with van der Waals surface area (Å²) < 4.78 is 5.25. The minimum absolute atomic E-state index is 0.0811. The van der Waals surface area contributed by atoms with Crippen molar-refractivity contribution in [3.63, 3.8) is 0 Å². The van der Waals surface area contributed by atoms with Crippen LogP contribution in [0.2, 0.25) is 0 Å². The van der Waals surface area contributed by atoms with Crippen LogP contribution in [0.5, 0.6) is 5.75 Å². The Morgan fingerprint density at radius 3 is 2.76 bits per heavy atom. The first-order chi connectivity index (χ1) is 9.99. The number of nitrogens with two attached hydrogens (primary N) is 1. The Morgan fingerprint density at radius 1 is 1.48 bits per heavy atom. The van der Waals surface area contributed by atoms with E-state index in [-0.39, 0.29) is 18.8 Å². The van der Waals surface area contributed by atoms with Gasteiger partial charge < -0.3 is 26.0 Å². The number of carbonyl (C=O) groups excluding carboxylic acids is 1. The standard InChI is InChI=1S/C15H24N2O4/c1-3-10(2)17-9-13(19)11-4-5-14(21-7-6-18)12(8-11)15(16)20/h4-5,8,10,13,17-19H,3,6-7,9H2,1-2H3,(H2,16,20). The number of primary amides is 1. The lowest BCUT2D eigenvalue weighted by atomic mass is 10.0. The molecule has 6 heteroatoms. The molecule has 1 amide bonds. The van der Waals surface area contributed by atoms with E-state index >= 15 is 0 Å². The van der Waals surface area contributed by atoms with Crippen molar-refractivity contribution in [2.45, 2.75) is 32.4 Å². The molecule has 1 rings (SSSR count). The third-order valence-corrected chi connectivity index (χ3v) is 3.27. The van der Waals surface area contributed by atoms with Gasteiger partial charge in [-0.05, 0) is 31.0 Å². The summed E-state index contributed by atoms with van der Waals surface area (Å²) in [5.74, 6) is -0.325. The van der Waals surface area contributed by atoms with E-state index < -0.39 is 12.0 Å². The normalized spacial score (nSPS) is 13.7. The Balaban J connectivity index is 2.84. The average Bonchev–Trinajstić information content (AvgIpc) is 2.49. The number of rotatable bonds is 9. The van der Waals surface area contributed by atoms with Crippen molar-refractivity contribution < 1.29 is 19.7 Å².